The average molecular weight is 408 g/mol. The Hall–Kier alpha value is -0.175. The molecule has 0 N–H and O–H groups in total. The summed E-state index contributed by atoms with van der Waals surface area (Å²) < 4.78 is 38.3. The Kier molecular flexibility index (Phi) is 6.25. The highest BCUT2D eigenvalue weighted by molar-refractivity contribution is 6.45. The fourth-order valence-corrected chi connectivity index (χ4v) is 5.83. The molecule has 6 nitrogen and oxygen atoms in total. The van der Waals surface area contributed by atoms with E-state index in [9.17, 15) is 0 Å². The van der Waals surface area contributed by atoms with Crippen LogP contribution in [0.4, 0.5) is 0 Å². The van der Waals surface area contributed by atoms with Crippen LogP contribution >= 0.6 is 0 Å². The second-order valence-corrected chi connectivity index (χ2v) is 9.65. The van der Waals surface area contributed by atoms with Crippen LogP contribution in [0.2, 0.25) is 6.32 Å². The molecule has 5 aliphatic rings. The molecule has 3 heterocycles. The van der Waals surface area contributed by atoms with Gasteiger partial charge in [-0.05, 0) is 32.0 Å². The van der Waals surface area contributed by atoms with Crippen LogP contribution in [-0.4, -0.2) is 56.3 Å². The first-order valence-corrected chi connectivity index (χ1v) is 12.2. The third kappa shape index (κ3) is 4.28. The minimum Gasteiger partial charge on any atom is -0.403 e. The Balaban J connectivity index is 1.28. The predicted molar refractivity (Wildman–Crippen MR) is 108 cm³/mol. The van der Waals surface area contributed by atoms with Crippen molar-refractivity contribution in [1.82, 2.24) is 0 Å². The van der Waals surface area contributed by atoms with E-state index < -0.39 is 11.6 Å². The molecule has 4 atom stereocenters. The van der Waals surface area contributed by atoms with Crippen molar-refractivity contribution in [3.8, 4) is 0 Å². The summed E-state index contributed by atoms with van der Waals surface area (Å²) in [5.74, 6) is -0.786. The molecule has 5 fully saturated rings. The van der Waals surface area contributed by atoms with Gasteiger partial charge in [0.1, 0.15) is 12.2 Å². The first-order valence-electron chi connectivity index (χ1n) is 12.2. The molecule has 2 spiro atoms. The summed E-state index contributed by atoms with van der Waals surface area (Å²) in [6, 6.07) is 0. The molecule has 2 unspecified atom stereocenters. The highest BCUT2D eigenvalue weighted by Gasteiger charge is 2.56. The zero-order chi connectivity index (χ0) is 19.7. The maximum atomic E-state index is 6.53. The lowest BCUT2D eigenvalue weighted by Gasteiger charge is -2.34. The van der Waals surface area contributed by atoms with Gasteiger partial charge >= 0.3 is 7.12 Å². The van der Waals surface area contributed by atoms with Crippen molar-refractivity contribution in [1.29, 1.82) is 0 Å². The van der Waals surface area contributed by atoms with Gasteiger partial charge in [-0.2, -0.15) is 0 Å². The van der Waals surface area contributed by atoms with Crippen LogP contribution in [0.1, 0.15) is 84.0 Å². The van der Waals surface area contributed by atoms with Gasteiger partial charge in [-0.25, -0.2) is 0 Å². The minimum absolute atomic E-state index is 0.0868. The molecule has 0 amide bonds. The van der Waals surface area contributed by atoms with E-state index in [1.807, 2.05) is 0 Å². The Morgan fingerprint density at radius 2 is 1.21 bits per heavy atom. The van der Waals surface area contributed by atoms with Gasteiger partial charge in [0.2, 0.25) is 0 Å². The van der Waals surface area contributed by atoms with Gasteiger partial charge < -0.3 is 28.3 Å². The zero-order valence-electron chi connectivity index (χ0n) is 17.9. The van der Waals surface area contributed by atoms with E-state index in [1.165, 1.54) is 38.5 Å². The normalized spacial score (nSPS) is 39.0. The van der Waals surface area contributed by atoms with Crippen LogP contribution in [0.25, 0.3) is 0 Å². The van der Waals surface area contributed by atoms with Crippen molar-refractivity contribution in [3.05, 3.63) is 0 Å². The average Bonchev–Trinajstić information content (AvgIpc) is 3.45. The summed E-state index contributed by atoms with van der Waals surface area (Å²) in [5.41, 5.74) is 0. The Labute approximate surface area is 175 Å². The number of hydrogen-bond donors (Lipinski definition) is 0. The van der Waals surface area contributed by atoms with Crippen LogP contribution in [0.3, 0.4) is 0 Å². The largest absolute Gasteiger partial charge is 0.457 e. The Morgan fingerprint density at radius 1 is 0.724 bits per heavy atom. The number of rotatable bonds is 5. The van der Waals surface area contributed by atoms with Crippen LogP contribution in [0.5, 0.6) is 0 Å². The van der Waals surface area contributed by atoms with Gasteiger partial charge in [0.05, 0.1) is 25.4 Å². The van der Waals surface area contributed by atoms with Gasteiger partial charge in [0.25, 0.3) is 0 Å². The van der Waals surface area contributed by atoms with E-state index >= 15 is 0 Å². The molecule has 0 radical (unpaired) electrons. The lowest BCUT2D eigenvalue weighted by molar-refractivity contribution is -0.206. The molecule has 0 bridgehead atoms. The molecule has 7 heteroatoms. The molecule has 29 heavy (non-hydrogen) atoms. The van der Waals surface area contributed by atoms with Gasteiger partial charge in [0.15, 0.2) is 11.6 Å². The molecule has 3 saturated heterocycles. The van der Waals surface area contributed by atoms with E-state index in [1.54, 1.807) is 0 Å². The quantitative estimate of drug-likeness (QED) is 0.636. The molecule has 2 aliphatic carbocycles. The van der Waals surface area contributed by atoms with E-state index in [2.05, 4.69) is 6.92 Å². The zero-order valence-corrected chi connectivity index (χ0v) is 17.9. The molecule has 5 rings (SSSR count). The number of unbranched alkanes of at least 4 members (excludes halogenated alkanes) is 1. The summed E-state index contributed by atoms with van der Waals surface area (Å²) in [5, 5.41) is 0. The van der Waals surface area contributed by atoms with Gasteiger partial charge in [0, 0.05) is 25.7 Å². The molecular formula is C22H37BO6. The summed E-state index contributed by atoms with van der Waals surface area (Å²) in [7, 11) is -0.178. The Bertz CT molecular complexity index is 503. The maximum Gasteiger partial charge on any atom is 0.457 e. The summed E-state index contributed by atoms with van der Waals surface area (Å²) in [6.07, 6.45) is 13.9. The minimum atomic E-state index is -0.393. The third-order valence-electron chi connectivity index (χ3n) is 7.45. The SMILES string of the molecule is CCCCB1O[C@H](C2COC3(CCCCC3)O2)[C@@H](C2COC3(CCCCC3)O2)O1. The third-order valence-corrected chi connectivity index (χ3v) is 7.45. The highest BCUT2D eigenvalue weighted by atomic mass is 16.8. The summed E-state index contributed by atoms with van der Waals surface area (Å²) >= 11 is 0. The number of hydrogen-bond acceptors (Lipinski definition) is 6. The van der Waals surface area contributed by atoms with Crippen molar-refractivity contribution >= 4 is 7.12 Å². The molecule has 2 saturated carbocycles. The summed E-state index contributed by atoms with van der Waals surface area (Å²) in [6.45, 7) is 3.37. The van der Waals surface area contributed by atoms with Crippen LogP contribution in [-0.2, 0) is 28.3 Å². The van der Waals surface area contributed by atoms with Gasteiger partial charge in [-0.15, -0.1) is 0 Å². The molecular weight excluding hydrogens is 371 g/mol. The predicted octanol–water partition coefficient (Wildman–Crippen LogP) is 4.21. The highest BCUT2D eigenvalue weighted by Crippen LogP contribution is 2.44. The Morgan fingerprint density at radius 3 is 1.66 bits per heavy atom. The fourth-order valence-electron chi connectivity index (χ4n) is 5.83. The van der Waals surface area contributed by atoms with Crippen molar-refractivity contribution < 1.29 is 28.3 Å². The van der Waals surface area contributed by atoms with Crippen molar-refractivity contribution in [2.75, 3.05) is 13.2 Å². The van der Waals surface area contributed by atoms with E-state index in [0.29, 0.717) is 13.2 Å². The molecule has 3 aliphatic heterocycles. The second kappa shape index (κ2) is 8.75. The number of ether oxygens (including phenoxy) is 4. The van der Waals surface area contributed by atoms with Crippen molar-refractivity contribution in [2.45, 2.75) is 126 Å². The lowest BCUT2D eigenvalue weighted by atomic mass is 9.83. The van der Waals surface area contributed by atoms with Gasteiger partial charge in [-0.1, -0.05) is 32.6 Å². The molecule has 0 aromatic heterocycles. The van der Waals surface area contributed by atoms with E-state index in [4.69, 9.17) is 28.3 Å². The first kappa shape index (κ1) is 20.7. The standard InChI is InChI=1S/C22H37BO6/c1-2-3-14-23-28-19(17-15-24-21(26-17)10-6-4-7-11-21)20(29-23)18-16-25-22(27-18)12-8-5-9-13-22/h17-20H,2-16H2,1H3/t17?,18?,19-,20-/m1/s1. The van der Waals surface area contributed by atoms with E-state index in [0.717, 1.165) is 44.8 Å². The smallest absolute Gasteiger partial charge is 0.403 e. The molecule has 164 valence electrons. The first-order chi connectivity index (χ1) is 14.2. The maximum absolute atomic E-state index is 6.53. The monoisotopic (exact) mass is 408 g/mol. The van der Waals surface area contributed by atoms with Crippen LogP contribution in [0, 0.1) is 0 Å². The topological polar surface area (TPSA) is 55.4 Å². The van der Waals surface area contributed by atoms with Gasteiger partial charge in [-0.3, -0.25) is 0 Å². The van der Waals surface area contributed by atoms with Crippen LogP contribution < -0.4 is 0 Å². The summed E-state index contributed by atoms with van der Waals surface area (Å²) in [4.78, 5) is 0. The van der Waals surface area contributed by atoms with Crippen LogP contribution in [0.15, 0.2) is 0 Å². The molecule has 0 aromatic rings. The van der Waals surface area contributed by atoms with Crippen molar-refractivity contribution in [3.63, 3.8) is 0 Å². The second-order valence-electron chi connectivity index (χ2n) is 9.65. The van der Waals surface area contributed by atoms with E-state index in [-0.39, 0.29) is 31.5 Å². The van der Waals surface area contributed by atoms with Crippen molar-refractivity contribution in [2.24, 2.45) is 0 Å². The lowest BCUT2D eigenvalue weighted by Crippen LogP contribution is -2.46. The molecule has 0 aromatic carbocycles. The fraction of sp³-hybridized carbons (Fsp3) is 1.00.